The highest BCUT2D eigenvalue weighted by Crippen LogP contribution is 2.40. The number of nitrogens with zero attached hydrogens (tertiary/aromatic N) is 2. The third kappa shape index (κ3) is 6.47. The highest BCUT2D eigenvalue weighted by Gasteiger charge is 2.38. The molecule has 38 heavy (non-hydrogen) atoms. The monoisotopic (exact) mass is 748 g/mol. The minimum atomic E-state index is 0.0732. The Balaban J connectivity index is 1.44. The number of hydrogen-bond acceptors (Lipinski definition) is 4. The summed E-state index contributed by atoms with van der Waals surface area (Å²) in [6, 6.07) is 22.8. The molecule has 2 aliphatic rings. The first-order valence-corrected chi connectivity index (χ1v) is 16.1. The molecule has 1 amide bonds. The Kier molecular flexibility index (Phi) is 9.48. The summed E-state index contributed by atoms with van der Waals surface area (Å²) >= 11 is 6.16. The summed E-state index contributed by atoms with van der Waals surface area (Å²) in [5, 5.41) is 0.807. The number of carbonyl (C=O) groups excluding carboxylic acids is 1. The SMILES string of the molecule is CCc1ccccc1N=C1S/C(=C/c2cc(I)c(OCc3ccccc3)c(I)c2)C(=O)N1C1CCCCC1. The normalized spacial score (nSPS) is 18.5. The van der Waals surface area contributed by atoms with Crippen molar-refractivity contribution in [2.45, 2.75) is 58.1 Å². The van der Waals surface area contributed by atoms with Crippen LogP contribution < -0.4 is 4.74 Å². The van der Waals surface area contributed by atoms with Crippen LogP contribution in [-0.4, -0.2) is 22.0 Å². The summed E-state index contributed by atoms with van der Waals surface area (Å²) in [6.07, 6.45) is 8.58. The highest BCUT2D eigenvalue weighted by atomic mass is 127. The first-order chi connectivity index (χ1) is 18.5. The number of amides is 1. The van der Waals surface area contributed by atoms with Gasteiger partial charge in [0.2, 0.25) is 0 Å². The molecule has 7 heteroatoms. The number of thioether (sulfide) groups is 1. The average molecular weight is 748 g/mol. The molecule has 3 aromatic carbocycles. The van der Waals surface area contributed by atoms with E-state index in [1.807, 2.05) is 35.2 Å². The van der Waals surface area contributed by atoms with Crippen molar-refractivity contribution < 1.29 is 9.53 Å². The maximum atomic E-state index is 13.8. The van der Waals surface area contributed by atoms with Crippen molar-refractivity contribution in [3.05, 3.63) is 95.5 Å². The second-order valence-corrected chi connectivity index (χ2v) is 12.9. The Labute approximate surface area is 256 Å². The molecular weight excluding hydrogens is 718 g/mol. The lowest BCUT2D eigenvalue weighted by Gasteiger charge is -2.30. The Morgan fingerprint density at radius 1 is 1.00 bits per heavy atom. The van der Waals surface area contributed by atoms with Crippen LogP contribution in [-0.2, 0) is 17.8 Å². The Hall–Kier alpha value is -1.85. The fraction of sp³-hybridized carbons (Fsp3) is 0.290. The summed E-state index contributed by atoms with van der Waals surface area (Å²) < 4.78 is 8.23. The van der Waals surface area contributed by atoms with Gasteiger partial charge < -0.3 is 4.74 Å². The van der Waals surface area contributed by atoms with Gasteiger partial charge >= 0.3 is 0 Å². The summed E-state index contributed by atoms with van der Waals surface area (Å²) in [5.41, 5.74) is 4.29. The van der Waals surface area contributed by atoms with E-state index >= 15 is 0 Å². The number of aliphatic imine (C=N–C) groups is 1. The van der Waals surface area contributed by atoms with Gasteiger partial charge in [0.05, 0.1) is 17.7 Å². The molecule has 1 heterocycles. The quantitative estimate of drug-likeness (QED) is 0.179. The van der Waals surface area contributed by atoms with Gasteiger partial charge in [0, 0.05) is 6.04 Å². The Morgan fingerprint density at radius 2 is 1.68 bits per heavy atom. The number of hydrogen-bond donors (Lipinski definition) is 0. The minimum Gasteiger partial charge on any atom is -0.487 e. The number of ether oxygens (including phenoxy) is 1. The zero-order valence-electron chi connectivity index (χ0n) is 21.3. The van der Waals surface area contributed by atoms with E-state index in [9.17, 15) is 4.79 Å². The molecular formula is C31H30I2N2O2S. The molecule has 1 saturated carbocycles. The summed E-state index contributed by atoms with van der Waals surface area (Å²) in [7, 11) is 0. The molecule has 0 spiro atoms. The summed E-state index contributed by atoms with van der Waals surface area (Å²) in [5.74, 6) is 0.953. The number of amidine groups is 1. The van der Waals surface area contributed by atoms with Crippen LogP contribution in [0.4, 0.5) is 5.69 Å². The van der Waals surface area contributed by atoms with Crippen LogP contribution in [0.2, 0.25) is 0 Å². The van der Waals surface area contributed by atoms with Crippen molar-refractivity contribution in [2.24, 2.45) is 4.99 Å². The van der Waals surface area contributed by atoms with E-state index in [0.717, 1.165) is 71.9 Å². The van der Waals surface area contributed by atoms with Crippen LogP contribution in [0.25, 0.3) is 6.08 Å². The van der Waals surface area contributed by atoms with E-state index in [0.29, 0.717) is 6.61 Å². The van der Waals surface area contributed by atoms with Crippen molar-refractivity contribution in [1.29, 1.82) is 0 Å². The van der Waals surface area contributed by atoms with Gasteiger partial charge in [-0.25, -0.2) is 4.99 Å². The van der Waals surface area contributed by atoms with Gasteiger partial charge in [0.15, 0.2) is 5.17 Å². The molecule has 0 aromatic heterocycles. The van der Waals surface area contributed by atoms with Crippen LogP contribution in [0.3, 0.4) is 0 Å². The highest BCUT2D eigenvalue weighted by molar-refractivity contribution is 14.1. The van der Waals surface area contributed by atoms with Crippen LogP contribution in [0.5, 0.6) is 5.75 Å². The molecule has 1 aliphatic heterocycles. The number of halogens is 2. The third-order valence-corrected chi connectivity index (χ3v) is 9.50. The lowest BCUT2D eigenvalue weighted by atomic mass is 9.94. The van der Waals surface area contributed by atoms with Crippen molar-refractivity contribution in [3.8, 4) is 5.75 Å². The van der Waals surface area contributed by atoms with Gasteiger partial charge in [-0.2, -0.15) is 0 Å². The second-order valence-electron chi connectivity index (χ2n) is 9.54. The van der Waals surface area contributed by atoms with E-state index in [2.05, 4.69) is 94.6 Å². The zero-order chi connectivity index (χ0) is 26.5. The molecule has 1 saturated heterocycles. The fourth-order valence-electron chi connectivity index (χ4n) is 4.93. The molecule has 5 rings (SSSR count). The maximum Gasteiger partial charge on any atom is 0.267 e. The largest absolute Gasteiger partial charge is 0.487 e. The first kappa shape index (κ1) is 27.7. The molecule has 2 fully saturated rings. The van der Waals surface area contributed by atoms with Crippen molar-refractivity contribution in [3.63, 3.8) is 0 Å². The maximum absolute atomic E-state index is 13.8. The molecule has 196 valence electrons. The standard InChI is InChI=1S/C31H30I2N2O2S/c1-2-23-13-9-10-16-27(23)34-31-35(24-14-7-4-8-15-24)30(36)28(38-31)19-22-17-25(32)29(26(33)18-22)37-20-21-11-5-3-6-12-21/h3,5-6,9-13,16-19,24H,2,4,7-8,14-15,20H2,1H3/b28-19+,34-31?. The van der Waals surface area contributed by atoms with Crippen LogP contribution in [0, 0.1) is 7.14 Å². The molecule has 0 radical (unpaired) electrons. The third-order valence-electron chi connectivity index (χ3n) is 6.91. The molecule has 1 aliphatic carbocycles. The summed E-state index contributed by atoms with van der Waals surface area (Å²) in [4.78, 5) is 21.5. The molecule has 4 nitrogen and oxygen atoms in total. The van der Waals surface area contributed by atoms with Gasteiger partial charge in [-0.3, -0.25) is 9.69 Å². The van der Waals surface area contributed by atoms with Crippen molar-refractivity contribution in [1.82, 2.24) is 4.90 Å². The predicted molar refractivity (Wildman–Crippen MR) is 175 cm³/mol. The van der Waals surface area contributed by atoms with Gasteiger partial charge in [0.1, 0.15) is 12.4 Å². The number of aryl methyl sites for hydroxylation is 1. The average Bonchev–Trinajstić information content (AvgIpc) is 3.23. The fourth-order valence-corrected chi connectivity index (χ4v) is 8.11. The number of benzene rings is 3. The lowest BCUT2D eigenvalue weighted by Crippen LogP contribution is -2.40. The number of carbonyl (C=O) groups is 1. The van der Waals surface area contributed by atoms with E-state index in [1.165, 1.54) is 23.7 Å². The molecule has 0 bridgehead atoms. The van der Waals surface area contributed by atoms with Gasteiger partial charge in [0.25, 0.3) is 5.91 Å². The number of para-hydroxylation sites is 1. The van der Waals surface area contributed by atoms with Crippen molar-refractivity contribution >= 4 is 79.8 Å². The smallest absolute Gasteiger partial charge is 0.267 e. The lowest BCUT2D eigenvalue weighted by molar-refractivity contribution is -0.124. The zero-order valence-corrected chi connectivity index (χ0v) is 26.5. The van der Waals surface area contributed by atoms with Crippen LogP contribution >= 0.6 is 56.9 Å². The molecule has 0 unspecified atom stereocenters. The molecule has 3 aromatic rings. The molecule has 0 atom stereocenters. The summed E-state index contributed by atoms with van der Waals surface area (Å²) in [6.45, 7) is 2.67. The van der Waals surface area contributed by atoms with Gasteiger partial charge in [-0.15, -0.1) is 0 Å². The Morgan fingerprint density at radius 3 is 2.39 bits per heavy atom. The van der Waals surface area contributed by atoms with E-state index in [-0.39, 0.29) is 11.9 Å². The Bertz CT molecular complexity index is 1340. The van der Waals surface area contributed by atoms with E-state index in [4.69, 9.17) is 9.73 Å². The van der Waals surface area contributed by atoms with Crippen molar-refractivity contribution in [2.75, 3.05) is 0 Å². The van der Waals surface area contributed by atoms with Crippen LogP contribution in [0.15, 0.2) is 76.6 Å². The number of rotatable bonds is 7. The van der Waals surface area contributed by atoms with E-state index in [1.54, 1.807) is 0 Å². The molecule has 0 N–H and O–H groups in total. The predicted octanol–water partition coefficient (Wildman–Crippen LogP) is 8.97. The topological polar surface area (TPSA) is 41.9 Å². The second kappa shape index (κ2) is 13.0. The van der Waals surface area contributed by atoms with Gasteiger partial charge in [-0.05, 0) is 117 Å². The first-order valence-electron chi connectivity index (χ1n) is 13.1. The van der Waals surface area contributed by atoms with Crippen LogP contribution in [0.1, 0.15) is 55.7 Å². The van der Waals surface area contributed by atoms with E-state index < -0.39 is 0 Å². The van der Waals surface area contributed by atoms with Gasteiger partial charge in [-0.1, -0.05) is 74.7 Å². The minimum absolute atomic E-state index is 0.0732.